The van der Waals surface area contributed by atoms with Gasteiger partial charge in [0.1, 0.15) is 5.52 Å². The summed E-state index contributed by atoms with van der Waals surface area (Å²) in [6.45, 7) is 8.88. The molecule has 0 saturated carbocycles. The average molecular weight is 296 g/mol. The van der Waals surface area contributed by atoms with E-state index in [2.05, 4.69) is 35.4 Å². The Bertz CT molecular complexity index is 623. The molecule has 2 rings (SSSR count). The first-order valence-corrected chi connectivity index (χ1v) is 7.67. The number of hydrogen-bond donors (Lipinski definition) is 1. The van der Waals surface area contributed by atoms with Crippen molar-refractivity contribution in [2.75, 3.05) is 13.2 Å². The molecule has 0 atom stereocenters. The normalized spacial score (nSPS) is 11.8. The Hall–Kier alpha value is -1.14. The lowest BCUT2D eigenvalue weighted by molar-refractivity contribution is 0.105. The molecular weight excluding hydrogens is 272 g/mol. The SMILES string of the molecule is CCc1nn(C)c2c1[nH]c(=S)n2CCCOCC(C)C. The molecule has 0 fully saturated rings. The van der Waals surface area contributed by atoms with E-state index in [1.807, 2.05) is 11.7 Å². The van der Waals surface area contributed by atoms with Crippen molar-refractivity contribution in [3.05, 3.63) is 10.5 Å². The molecule has 0 aromatic carbocycles. The van der Waals surface area contributed by atoms with Crippen LogP contribution < -0.4 is 0 Å². The van der Waals surface area contributed by atoms with Crippen molar-refractivity contribution in [1.29, 1.82) is 0 Å². The standard InChI is InChI=1S/C14H24N4OS/c1-5-11-12-13(17(4)16-11)18(14(20)15-12)7-6-8-19-9-10(2)3/h10H,5-9H2,1-4H3,(H,15,20). The molecule has 2 aromatic rings. The molecule has 1 N–H and O–H groups in total. The molecule has 2 aromatic heterocycles. The molecule has 0 bridgehead atoms. The van der Waals surface area contributed by atoms with Crippen LogP contribution in [0.1, 0.15) is 32.9 Å². The largest absolute Gasteiger partial charge is 0.381 e. The summed E-state index contributed by atoms with van der Waals surface area (Å²) in [5.74, 6) is 0.584. The van der Waals surface area contributed by atoms with Crippen molar-refractivity contribution >= 4 is 23.4 Å². The first-order chi connectivity index (χ1) is 9.54. The summed E-state index contributed by atoms with van der Waals surface area (Å²) >= 11 is 5.42. The molecule has 0 unspecified atom stereocenters. The molecule has 2 heterocycles. The van der Waals surface area contributed by atoms with Crippen molar-refractivity contribution < 1.29 is 4.74 Å². The topological polar surface area (TPSA) is 47.8 Å². The van der Waals surface area contributed by atoms with Crippen LogP contribution in [-0.4, -0.2) is 32.5 Å². The number of ether oxygens (including phenoxy) is 1. The third kappa shape index (κ3) is 3.12. The van der Waals surface area contributed by atoms with Crippen LogP contribution in [-0.2, 0) is 24.8 Å². The van der Waals surface area contributed by atoms with E-state index < -0.39 is 0 Å². The molecule has 0 radical (unpaired) electrons. The van der Waals surface area contributed by atoms with Gasteiger partial charge >= 0.3 is 0 Å². The molecule has 0 aliphatic heterocycles. The summed E-state index contributed by atoms with van der Waals surface area (Å²) in [5.41, 5.74) is 3.22. The fourth-order valence-electron chi connectivity index (χ4n) is 2.38. The van der Waals surface area contributed by atoms with E-state index in [9.17, 15) is 0 Å². The van der Waals surface area contributed by atoms with Crippen LogP contribution in [0.15, 0.2) is 0 Å². The number of aromatic nitrogens is 4. The van der Waals surface area contributed by atoms with Crippen LogP contribution in [0.2, 0.25) is 0 Å². The van der Waals surface area contributed by atoms with Crippen molar-refractivity contribution in [2.45, 2.75) is 40.2 Å². The molecule has 6 heteroatoms. The zero-order chi connectivity index (χ0) is 14.7. The van der Waals surface area contributed by atoms with Crippen molar-refractivity contribution in [3.8, 4) is 0 Å². The second-order valence-electron chi connectivity index (χ2n) is 5.53. The number of aromatic amines is 1. The smallest absolute Gasteiger partial charge is 0.179 e. The van der Waals surface area contributed by atoms with E-state index in [4.69, 9.17) is 17.0 Å². The van der Waals surface area contributed by atoms with Crippen LogP contribution in [0.4, 0.5) is 0 Å². The Kier molecular flexibility index (Phi) is 4.99. The van der Waals surface area contributed by atoms with E-state index in [-0.39, 0.29) is 0 Å². The number of aryl methyl sites for hydroxylation is 3. The first-order valence-electron chi connectivity index (χ1n) is 7.26. The van der Waals surface area contributed by atoms with Gasteiger partial charge in [-0.25, -0.2) is 0 Å². The maximum Gasteiger partial charge on any atom is 0.179 e. The van der Waals surface area contributed by atoms with Crippen molar-refractivity contribution in [2.24, 2.45) is 13.0 Å². The van der Waals surface area contributed by atoms with Crippen LogP contribution in [0.25, 0.3) is 11.2 Å². The van der Waals surface area contributed by atoms with Crippen LogP contribution in [0, 0.1) is 10.7 Å². The maximum atomic E-state index is 5.62. The van der Waals surface area contributed by atoms with Crippen molar-refractivity contribution in [3.63, 3.8) is 0 Å². The number of imidazole rings is 1. The van der Waals surface area contributed by atoms with Gasteiger partial charge in [0.2, 0.25) is 0 Å². The third-order valence-electron chi connectivity index (χ3n) is 3.28. The predicted molar refractivity (Wildman–Crippen MR) is 83.5 cm³/mol. The lowest BCUT2D eigenvalue weighted by Gasteiger charge is -2.08. The number of nitrogens with one attached hydrogen (secondary N) is 1. The average Bonchev–Trinajstić information content (AvgIpc) is 2.87. The molecule has 0 saturated heterocycles. The zero-order valence-corrected chi connectivity index (χ0v) is 13.6. The van der Waals surface area contributed by atoms with Gasteiger partial charge < -0.3 is 14.3 Å². The fourth-order valence-corrected chi connectivity index (χ4v) is 2.66. The van der Waals surface area contributed by atoms with E-state index in [0.29, 0.717) is 5.92 Å². The lowest BCUT2D eigenvalue weighted by Crippen LogP contribution is -2.08. The van der Waals surface area contributed by atoms with Gasteiger partial charge in [0.05, 0.1) is 5.69 Å². The van der Waals surface area contributed by atoms with Gasteiger partial charge in [-0.15, -0.1) is 0 Å². The van der Waals surface area contributed by atoms with Gasteiger partial charge in [-0.05, 0) is 31.0 Å². The number of rotatable bonds is 7. The Balaban J connectivity index is 2.08. The monoisotopic (exact) mass is 296 g/mol. The Morgan fingerprint density at radius 2 is 2.15 bits per heavy atom. The lowest BCUT2D eigenvalue weighted by atomic mass is 10.2. The van der Waals surface area contributed by atoms with Crippen LogP contribution in [0.5, 0.6) is 0 Å². The van der Waals surface area contributed by atoms with E-state index >= 15 is 0 Å². The van der Waals surface area contributed by atoms with E-state index in [0.717, 1.165) is 54.2 Å². The van der Waals surface area contributed by atoms with E-state index in [1.165, 1.54) is 0 Å². The second-order valence-corrected chi connectivity index (χ2v) is 5.91. The minimum atomic E-state index is 0.584. The van der Waals surface area contributed by atoms with Crippen LogP contribution >= 0.6 is 12.2 Å². The summed E-state index contributed by atoms with van der Waals surface area (Å²) in [4.78, 5) is 3.28. The van der Waals surface area contributed by atoms with Crippen LogP contribution in [0.3, 0.4) is 0 Å². The summed E-state index contributed by atoms with van der Waals surface area (Å²) in [7, 11) is 1.97. The van der Waals surface area contributed by atoms with Crippen molar-refractivity contribution in [1.82, 2.24) is 19.3 Å². The minimum absolute atomic E-state index is 0.584. The highest BCUT2D eigenvalue weighted by atomic mass is 32.1. The molecule has 112 valence electrons. The number of fused-ring (bicyclic) bond motifs is 1. The Labute approximate surface area is 124 Å². The maximum absolute atomic E-state index is 5.62. The third-order valence-corrected chi connectivity index (χ3v) is 3.60. The van der Waals surface area contributed by atoms with E-state index in [1.54, 1.807) is 0 Å². The summed E-state index contributed by atoms with van der Waals surface area (Å²) in [5, 5.41) is 4.52. The Morgan fingerprint density at radius 1 is 1.40 bits per heavy atom. The predicted octanol–water partition coefficient (Wildman–Crippen LogP) is 3.06. The van der Waals surface area contributed by atoms with Gasteiger partial charge in [0.25, 0.3) is 0 Å². The molecular formula is C14H24N4OS. The van der Waals surface area contributed by atoms with Gasteiger partial charge in [-0.2, -0.15) is 5.10 Å². The molecule has 5 nitrogen and oxygen atoms in total. The highest BCUT2D eigenvalue weighted by molar-refractivity contribution is 7.71. The molecule has 0 spiro atoms. The molecule has 20 heavy (non-hydrogen) atoms. The first kappa shape index (κ1) is 15.3. The summed E-state index contributed by atoms with van der Waals surface area (Å²) in [6.07, 6.45) is 1.87. The second kappa shape index (κ2) is 6.54. The zero-order valence-electron chi connectivity index (χ0n) is 12.8. The van der Waals surface area contributed by atoms with Gasteiger partial charge in [0.15, 0.2) is 10.4 Å². The highest BCUT2D eigenvalue weighted by Crippen LogP contribution is 2.18. The molecule has 0 aliphatic carbocycles. The number of hydrogen-bond acceptors (Lipinski definition) is 3. The highest BCUT2D eigenvalue weighted by Gasteiger charge is 2.13. The summed E-state index contributed by atoms with van der Waals surface area (Å²) < 4.78 is 10.4. The molecule has 0 amide bonds. The number of H-pyrrole nitrogens is 1. The fraction of sp³-hybridized carbons (Fsp3) is 0.714. The van der Waals surface area contributed by atoms with Gasteiger partial charge in [0, 0.05) is 26.8 Å². The number of nitrogens with zero attached hydrogens (tertiary/aromatic N) is 3. The van der Waals surface area contributed by atoms with Gasteiger partial charge in [-0.1, -0.05) is 20.8 Å². The van der Waals surface area contributed by atoms with Gasteiger partial charge in [-0.3, -0.25) is 4.68 Å². The quantitative estimate of drug-likeness (QED) is 0.631. The Morgan fingerprint density at radius 3 is 2.80 bits per heavy atom. The minimum Gasteiger partial charge on any atom is -0.381 e. The molecule has 0 aliphatic rings. The summed E-state index contributed by atoms with van der Waals surface area (Å²) in [6, 6.07) is 0.